The lowest BCUT2D eigenvalue weighted by atomic mass is 9.92. The zero-order chi connectivity index (χ0) is 19.3. The highest BCUT2D eigenvalue weighted by Crippen LogP contribution is 2.60. The number of hydrogen-bond donors (Lipinski definition) is 1. The monoisotopic (exact) mass is 442 g/mol. The molecule has 1 N–H and O–H groups in total. The Kier molecular flexibility index (Phi) is 5.69. The van der Waals surface area contributed by atoms with Gasteiger partial charge in [0.25, 0.3) is 0 Å². The molecule has 0 amide bonds. The van der Waals surface area contributed by atoms with Crippen LogP contribution in [0.3, 0.4) is 0 Å². The highest BCUT2D eigenvalue weighted by molar-refractivity contribution is 9.09. The number of halogens is 14. The smallest absolute Gasteiger partial charge is 0.386 e. The first-order chi connectivity index (χ1) is 9.73. The predicted octanol–water partition coefficient (Wildman–Crippen LogP) is 4.48. The zero-order valence-electron chi connectivity index (χ0n) is 10.0. The summed E-state index contributed by atoms with van der Waals surface area (Å²) < 4.78 is 163. The second kappa shape index (κ2) is 5.81. The van der Waals surface area contributed by atoms with Crippen LogP contribution in [0.4, 0.5) is 57.1 Å². The van der Waals surface area contributed by atoms with Gasteiger partial charge in [0, 0.05) is 5.33 Å². The van der Waals surface area contributed by atoms with Crippen LogP contribution in [-0.4, -0.2) is 52.3 Å². The Bertz CT molecular complexity index is 428. The van der Waals surface area contributed by atoms with E-state index in [1.165, 1.54) is 0 Å². The van der Waals surface area contributed by atoms with E-state index in [0.717, 1.165) is 0 Å². The summed E-state index contributed by atoms with van der Waals surface area (Å²) in [6.07, 6.45) is -11.2. The fourth-order valence-corrected chi connectivity index (χ4v) is 1.49. The minimum absolute atomic E-state index is 1.60. The standard InChI is InChI=1S/C8H4BrF13O/c9-1-2(23)3(10,11)4(12,13)5(14,15)6(16,17)7(18,19)8(20,21)22/h2,23H,1H2. The summed E-state index contributed by atoms with van der Waals surface area (Å²) in [6.45, 7) is 0. The summed E-state index contributed by atoms with van der Waals surface area (Å²) in [4.78, 5) is 0. The van der Waals surface area contributed by atoms with Gasteiger partial charge in [0.1, 0.15) is 6.10 Å². The second-order valence-corrected chi connectivity index (χ2v) is 4.74. The van der Waals surface area contributed by atoms with Gasteiger partial charge in [-0.1, -0.05) is 15.9 Å². The first kappa shape index (κ1) is 22.5. The highest BCUT2D eigenvalue weighted by atomic mass is 79.9. The summed E-state index contributed by atoms with van der Waals surface area (Å²) in [5.41, 5.74) is 0. The van der Waals surface area contributed by atoms with Crippen molar-refractivity contribution in [3.63, 3.8) is 0 Å². The average molecular weight is 443 g/mol. The molecule has 0 aromatic carbocycles. The van der Waals surface area contributed by atoms with Crippen LogP contribution < -0.4 is 0 Å². The molecule has 0 saturated heterocycles. The van der Waals surface area contributed by atoms with Crippen molar-refractivity contribution in [3.05, 3.63) is 0 Å². The summed E-state index contributed by atoms with van der Waals surface area (Å²) in [7, 11) is 0. The Balaban J connectivity index is 6.25. The molecule has 0 rings (SSSR count). The van der Waals surface area contributed by atoms with E-state index in [0.29, 0.717) is 0 Å². The zero-order valence-corrected chi connectivity index (χ0v) is 11.6. The molecule has 0 bridgehead atoms. The molecule has 1 nitrogen and oxygen atoms in total. The Morgan fingerprint density at radius 1 is 0.609 bits per heavy atom. The summed E-state index contributed by atoms with van der Waals surface area (Å²) in [6, 6.07) is 0. The van der Waals surface area contributed by atoms with E-state index in [4.69, 9.17) is 5.11 Å². The summed E-state index contributed by atoms with van der Waals surface area (Å²) >= 11 is 1.91. The molecule has 0 aliphatic heterocycles. The number of rotatable bonds is 6. The van der Waals surface area contributed by atoms with Crippen molar-refractivity contribution in [2.24, 2.45) is 0 Å². The molecule has 0 radical (unpaired) electrons. The van der Waals surface area contributed by atoms with Gasteiger partial charge in [0.15, 0.2) is 0 Å². The second-order valence-electron chi connectivity index (χ2n) is 4.09. The fourth-order valence-electron chi connectivity index (χ4n) is 1.09. The van der Waals surface area contributed by atoms with Crippen molar-refractivity contribution in [3.8, 4) is 0 Å². The molecule has 15 heteroatoms. The molecule has 0 heterocycles. The molecular formula is C8H4BrF13O. The third-order valence-corrected chi connectivity index (χ3v) is 3.14. The van der Waals surface area contributed by atoms with Gasteiger partial charge in [-0.2, -0.15) is 57.1 Å². The third-order valence-electron chi connectivity index (χ3n) is 2.52. The first-order valence-electron chi connectivity index (χ1n) is 4.93. The van der Waals surface area contributed by atoms with Gasteiger partial charge >= 0.3 is 35.8 Å². The van der Waals surface area contributed by atoms with Crippen molar-refractivity contribution < 1.29 is 62.2 Å². The molecule has 0 aromatic rings. The van der Waals surface area contributed by atoms with Crippen LogP contribution in [0.1, 0.15) is 0 Å². The molecule has 140 valence electrons. The van der Waals surface area contributed by atoms with Crippen LogP contribution in [0.2, 0.25) is 0 Å². The lowest BCUT2D eigenvalue weighted by Gasteiger charge is -2.40. The number of hydrogen-bond acceptors (Lipinski definition) is 1. The fraction of sp³-hybridized carbons (Fsp3) is 1.00. The molecule has 0 spiro atoms. The van der Waals surface area contributed by atoms with E-state index < -0.39 is 47.2 Å². The van der Waals surface area contributed by atoms with Crippen LogP contribution in [0.25, 0.3) is 0 Å². The van der Waals surface area contributed by atoms with E-state index >= 15 is 0 Å². The van der Waals surface area contributed by atoms with Gasteiger partial charge in [0.05, 0.1) is 0 Å². The van der Waals surface area contributed by atoms with Gasteiger partial charge in [-0.25, -0.2) is 0 Å². The van der Waals surface area contributed by atoms with E-state index in [1.807, 2.05) is 15.9 Å². The minimum atomic E-state index is -7.95. The Morgan fingerprint density at radius 3 is 1.17 bits per heavy atom. The predicted molar refractivity (Wildman–Crippen MR) is 50.6 cm³/mol. The quantitative estimate of drug-likeness (QED) is 0.475. The largest absolute Gasteiger partial charge is 0.460 e. The molecule has 0 aromatic heterocycles. The molecule has 23 heavy (non-hydrogen) atoms. The van der Waals surface area contributed by atoms with Crippen molar-refractivity contribution in [2.45, 2.75) is 41.9 Å². The molecular weight excluding hydrogens is 439 g/mol. The lowest BCUT2D eigenvalue weighted by Crippen LogP contribution is -2.71. The Hall–Kier alpha value is -0.470. The SMILES string of the molecule is OC(CBr)C(F)(F)C(F)(F)C(F)(F)C(F)(F)C(F)(F)C(F)(F)F. The van der Waals surface area contributed by atoms with E-state index in [9.17, 15) is 57.1 Å². The summed E-state index contributed by atoms with van der Waals surface area (Å²) in [5, 5.41) is 6.84. The number of aliphatic hydroxyl groups is 1. The number of aliphatic hydroxyl groups excluding tert-OH is 1. The molecule has 0 saturated carbocycles. The number of alkyl halides is 14. The van der Waals surface area contributed by atoms with Crippen LogP contribution in [0.15, 0.2) is 0 Å². The summed E-state index contributed by atoms with van der Waals surface area (Å²) in [5.74, 6) is -37.5. The normalized spacial score (nSPS) is 17.3. The molecule has 1 atom stereocenters. The van der Waals surface area contributed by atoms with Crippen molar-refractivity contribution in [2.75, 3.05) is 5.33 Å². The topological polar surface area (TPSA) is 20.2 Å². The van der Waals surface area contributed by atoms with E-state index in [1.54, 1.807) is 0 Å². The van der Waals surface area contributed by atoms with Crippen LogP contribution in [0, 0.1) is 0 Å². The van der Waals surface area contributed by atoms with E-state index in [-0.39, 0.29) is 0 Å². The molecule has 0 aliphatic carbocycles. The maximum absolute atomic E-state index is 13.0. The maximum Gasteiger partial charge on any atom is 0.460 e. The molecule has 0 aliphatic rings. The van der Waals surface area contributed by atoms with Gasteiger partial charge in [-0.05, 0) is 0 Å². The van der Waals surface area contributed by atoms with Crippen molar-refractivity contribution in [1.29, 1.82) is 0 Å². The van der Waals surface area contributed by atoms with Crippen LogP contribution in [-0.2, 0) is 0 Å². The maximum atomic E-state index is 13.0. The average Bonchev–Trinajstić information content (AvgIpc) is 2.35. The van der Waals surface area contributed by atoms with E-state index in [2.05, 4.69) is 0 Å². The Labute approximate surface area is 126 Å². The van der Waals surface area contributed by atoms with Crippen molar-refractivity contribution in [1.82, 2.24) is 0 Å². The first-order valence-corrected chi connectivity index (χ1v) is 6.05. The van der Waals surface area contributed by atoms with Crippen LogP contribution >= 0.6 is 15.9 Å². The lowest BCUT2D eigenvalue weighted by molar-refractivity contribution is -0.443. The van der Waals surface area contributed by atoms with Crippen molar-refractivity contribution >= 4 is 15.9 Å². The van der Waals surface area contributed by atoms with Crippen LogP contribution in [0.5, 0.6) is 0 Å². The van der Waals surface area contributed by atoms with Gasteiger partial charge in [0.2, 0.25) is 0 Å². The molecule has 1 unspecified atom stereocenters. The molecule has 0 fully saturated rings. The third kappa shape index (κ3) is 2.98. The highest BCUT2D eigenvalue weighted by Gasteiger charge is 2.91. The van der Waals surface area contributed by atoms with Gasteiger partial charge < -0.3 is 5.11 Å². The van der Waals surface area contributed by atoms with Gasteiger partial charge in [-0.15, -0.1) is 0 Å². The Morgan fingerprint density at radius 2 is 0.913 bits per heavy atom. The van der Waals surface area contributed by atoms with Gasteiger partial charge in [-0.3, -0.25) is 0 Å². The minimum Gasteiger partial charge on any atom is -0.386 e.